The van der Waals surface area contributed by atoms with Gasteiger partial charge >= 0.3 is 0 Å². The smallest absolute Gasteiger partial charge is 0.0164 e. The highest BCUT2D eigenvalue weighted by Crippen LogP contribution is 2.40. The van der Waals surface area contributed by atoms with Crippen molar-refractivity contribution in [2.45, 2.75) is 16.2 Å². The summed E-state index contributed by atoms with van der Waals surface area (Å²) >= 11 is 1.86. The predicted molar refractivity (Wildman–Crippen MR) is 84.1 cm³/mol. The number of rotatable bonds is 1. The zero-order valence-electron chi connectivity index (χ0n) is 11.0. The lowest BCUT2D eigenvalue weighted by Gasteiger charge is -2.19. The monoisotopic (exact) mass is 273 g/mol. The largest absolute Gasteiger partial charge is 0.0895 e. The van der Waals surface area contributed by atoms with Crippen LogP contribution >= 0.6 is 11.8 Å². The summed E-state index contributed by atoms with van der Waals surface area (Å²) in [6.07, 6.45) is 0.985. The fraction of sp³-hybridized carbons (Fsp3) is 0.0526. The molecule has 3 aromatic rings. The molecule has 0 nitrogen and oxygen atoms in total. The standard InChI is InChI=1S/C19H13S/c1-2-6-14(7-3-1)15-10-11-19-17(12-15)13-16-8-4-5-9-18(16)20-19/h1-11H,13H2. The van der Waals surface area contributed by atoms with Crippen LogP contribution in [0.2, 0.25) is 0 Å². The molecule has 0 saturated heterocycles. The summed E-state index contributed by atoms with van der Waals surface area (Å²) in [6, 6.07) is 27.1. The fourth-order valence-electron chi connectivity index (χ4n) is 2.60. The van der Waals surface area contributed by atoms with Crippen molar-refractivity contribution in [3.8, 4) is 11.1 Å². The molecule has 1 aliphatic rings. The maximum absolute atomic E-state index is 3.60. The Kier molecular flexibility index (Phi) is 2.86. The highest BCUT2D eigenvalue weighted by Gasteiger charge is 2.16. The van der Waals surface area contributed by atoms with Crippen LogP contribution in [0.1, 0.15) is 11.1 Å². The molecule has 0 aliphatic carbocycles. The second-order valence-electron chi connectivity index (χ2n) is 4.97. The summed E-state index contributed by atoms with van der Waals surface area (Å²) in [6.45, 7) is 0. The van der Waals surface area contributed by atoms with Gasteiger partial charge in [0.05, 0.1) is 0 Å². The van der Waals surface area contributed by atoms with E-state index in [1.165, 1.54) is 32.0 Å². The summed E-state index contributed by atoms with van der Waals surface area (Å²) < 4.78 is 0. The lowest BCUT2D eigenvalue weighted by Crippen LogP contribution is -1.99. The summed E-state index contributed by atoms with van der Waals surface area (Å²) in [5.74, 6) is 0. The Hall–Kier alpha value is -1.99. The molecule has 1 radical (unpaired) electrons. The molecular weight excluding hydrogens is 260 g/mol. The molecule has 0 atom stereocenters. The minimum absolute atomic E-state index is 0.985. The molecule has 3 aromatic carbocycles. The van der Waals surface area contributed by atoms with E-state index in [1.807, 2.05) is 17.8 Å². The SMILES string of the molecule is [c]1c(-c2ccccc2)ccc2c1Cc1ccccc1S2. The molecule has 1 heterocycles. The third kappa shape index (κ3) is 2.04. The second-order valence-corrected chi connectivity index (χ2v) is 6.05. The van der Waals surface area contributed by atoms with Crippen molar-refractivity contribution in [2.75, 3.05) is 0 Å². The molecule has 0 spiro atoms. The van der Waals surface area contributed by atoms with Gasteiger partial charge in [-0.25, -0.2) is 0 Å². The first-order chi connectivity index (χ1) is 9.90. The highest BCUT2D eigenvalue weighted by atomic mass is 32.2. The Morgan fingerprint density at radius 1 is 0.750 bits per heavy atom. The van der Waals surface area contributed by atoms with Gasteiger partial charge in [0.15, 0.2) is 0 Å². The first kappa shape index (κ1) is 11.8. The van der Waals surface area contributed by atoms with Crippen molar-refractivity contribution in [1.29, 1.82) is 0 Å². The third-order valence-electron chi connectivity index (χ3n) is 3.63. The molecule has 0 bridgehead atoms. The zero-order valence-corrected chi connectivity index (χ0v) is 11.8. The van der Waals surface area contributed by atoms with Crippen molar-refractivity contribution in [3.63, 3.8) is 0 Å². The van der Waals surface area contributed by atoms with Crippen LogP contribution in [0, 0.1) is 6.07 Å². The van der Waals surface area contributed by atoms with Gasteiger partial charge in [0.1, 0.15) is 0 Å². The molecule has 1 aliphatic heterocycles. The molecule has 0 saturated carbocycles. The maximum Gasteiger partial charge on any atom is 0.0164 e. The zero-order chi connectivity index (χ0) is 13.4. The number of benzene rings is 3. The first-order valence-electron chi connectivity index (χ1n) is 6.76. The van der Waals surface area contributed by atoms with E-state index >= 15 is 0 Å². The molecule has 95 valence electrons. The van der Waals surface area contributed by atoms with Crippen molar-refractivity contribution in [1.82, 2.24) is 0 Å². The van der Waals surface area contributed by atoms with Crippen LogP contribution in [0.4, 0.5) is 0 Å². The highest BCUT2D eigenvalue weighted by molar-refractivity contribution is 7.99. The lowest BCUT2D eigenvalue weighted by molar-refractivity contribution is 1.05. The summed E-state index contributed by atoms with van der Waals surface area (Å²) in [5.41, 5.74) is 5.14. The Bertz CT molecular complexity index is 760. The van der Waals surface area contributed by atoms with Gasteiger partial charge in [-0.1, -0.05) is 66.4 Å². The molecule has 0 unspecified atom stereocenters. The Morgan fingerprint density at radius 3 is 2.45 bits per heavy atom. The minimum atomic E-state index is 0.985. The Morgan fingerprint density at radius 2 is 1.55 bits per heavy atom. The lowest BCUT2D eigenvalue weighted by atomic mass is 9.98. The predicted octanol–water partition coefficient (Wildman–Crippen LogP) is 5.21. The van der Waals surface area contributed by atoms with Crippen LogP contribution in [-0.2, 0) is 6.42 Å². The van der Waals surface area contributed by atoms with E-state index in [2.05, 4.69) is 66.7 Å². The molecule has 20 heavy (non-hydrogen) atoms. The van der Waals surface area contributed by atoms with E-state index in [9.17, 15) is 0 Å². The topological polar surface area (TPSA) is 0 Å². The van der Waals surface area contributed by atoms with Crippen LogP contribution in [0.3, 0.4) is 0 Å². The van der Waals surface area contributed by atoms with Crippen LogP contribution in [0.15, 0.2) is 76.5 Å². The summed E-state index contributed by atoms with van der Waals surface area (Å²) in [5, 5.41) is 0. The van der Waals surface area contributed by atoms with Gasteiger partial charge < -0.3 is 0 Å². The maximum atomic E-state index is 3.60. The van der Waals surface area contributed by atoms with E-state index in [0.717, 1.165) is 6.42 Å². The molecule has 0 amide bonds. The first-order valence-corrected chi connectivity index (χ1v) is 7.58. The van der Waals surface area contributed by atoms with E-state index in [-0.39, 0.29) is 0 Å². The molecular formula is C19H13S. The normalized spacial score (nSPS) is 12.6. The third-order valence-corrected chi connectivity index (χ3v) is 4.85. The van der Waals surface area contributed by atoms with Crippen molar-refractivity contribution >= 4 is 11.8 Å². The molecule has 1 heteroatoms. The van der Waals surface area contributed by atoms with Gasteiger partial charge in [0.25, 0.3) is 0 Å². The van der Waals surface area contributed by atoms with Crippen LogP contribution in [0.25, 0.3) is 11.1 Å². The quantitative estimate of drug-likeness (QED) is 0.459. The van der Waals surface area contributed by atoms with E-state index in [0.29, 0.717) is 0 Å². The van der Waals surface area contributed by atoms with E-state index in [4.69, 9.17) is 0 Å². The van der Waals surface area contributed by atoms with Crippen molar-refractivity contribution in [3.05, 3.63) is 83.9 Å². The number of hydrogen-bond donors (Lipinski definition) is 0. The van der Waals surface area contributed by atoms with E-state index < -0.39 is 0 Å². The Balaban J connectivity index is 1.77. The van der Waals surface area contributed by atoms with Crippen LogP contribution in [-0.4, -0.2) is 0 Å². The second kappa shape index (κ2) is 4.84. The summed E-state index contributed by atoms with van der Waals surface area (Å²) in [4.78, 5) is 2.71. The number of fused-ring (bicyclic) bond motifs is 2. The Labute approximate surface area is 123 Å². The van der Waals surface area contributed by atoms with Gasteiger partial charge in [0, 0.05) is 16.2 Å². The number of hydrogen-bond acceptors (Lipinski definition) is 1. The van der Waals surface area contributed by atoms with Crippen molar-refractivity contribution in [2.24, 2.45) is 0 Å². The van der Waals surface area contributed by atoms with Gasteiger partial charge in [-0.05, 0) is 40.5 Å². The molecule has 0 N–H and O–H groups in total. The van der Waals surface area contributed by atoms with Crippen LogP contribution < -0.4 is 0 Å². The van der Waals surface area contributed by atoms with Gasteiger partial charge in [-0.3, -0.25) is 0 Å². The van der Waals surface area contributed by atoms with E-state index in [1.54, 1.807) is 0 Å². The van der Waals surface area contributed by atoms with Crippen molar-refractivity contribution < 1.29 is 0 Å². The molecule has 0 aromatic heterocycles. The summed E-state index contributed by atoms with van der Waals surface area (Å²) in [7, 11) is 0. The molecule has 4 rings (SSSR count). The van der Waals surface area contributed by atoms with Crippen LogP contribution in [0.5, 0.6) is 0 Å². The average Bonchev–Trinajstić information content (AvgIpc) is 2.53. The van der Waals surface area contributed by atoms with Gasteiger partial charge in [0.2, 0.25) is 0 Å². The van der Waals surface area contributed by atoms with Gasteiger partial charge in [-0.2, -0.15) is 0 Å². The average molecular weight is 273 g/mol. The van der Waals surface area contributed by atoms with Gasteiger partial charge in [-0.15, -0.1) is 0 Å². The fourth-order valence-corrected chi connectivity index (χ4v) is 3.63. The minimum Gasteiger partial charge on any atom is -0.0895 e. The molecule has 0 fully saturated rings.